The van der Waals surface area contributed by atoms with E-state index in [1.165, 1.54) is 0 Å². The van der Waals surface area contributed by atoms with Crippen LogP contribution in [0.5, 0.6) is 0 Å². The van der Waals surface area contributed by atoms with E-state index in [2.05, 4.69) is 27.0 Å². The second kappa shape index (κ2) is 5.69. The SMILES string of the molecule is N#Cc1ccc2nc(CCl)n(-c3ccc(Cl)c(Br)c3)c2c1. The predicted octanol–water partition coefficient (Wildman–Crippen LogP) is 5.05. The van der Waals surface area contributed by atoms with Crippen LogP contribution in [0.4, 0.5) is 0 Å². The Morgan fingerprint density at radius 3 is 2.71 bits per heavy atom. The fourth-order valence-electron chi connectivity index (χ4n) is 2.20. The van der Waals surface area contributed by atoms with Crippen LogP contribution in [0.25, 0.3) is 16.7 Å². The van der Waals surface area contributed by atoms with E-state index in [0.29, 0.717) is 10.6 Å². The normalized spacial score (nSPS) is 10.8. The van der Waals surface area contributed by atoms with Gasteiger partial charge in [0.15, 0.2) is 0 Å². The van der Waals surface area contributed by atoms with Crippen molar-refractivity contribution in [2.45, 2.75) is 5.88 Å². The lowest BCUT2D eigenvalue weighted by Gasteiger charge is -2.09. The number of aromatic nitrogens is 2. The second-order valence-electron chi connectivity index (χ2n) is 4.41. The van der Waals surface area contributed by atoms with Gasteiger partial charge in [0.25, 0.3) is 0 Å². The predicted molar refractivity (Wildman–Crippen MR) is 88.1 cm³/mol. The average Bonchev–Trinajstić information content (AvgIpc) is 2.87. The maximum Gasteiger partial charge on any atom is 0.129 e. The van der Waals surface area contributed by atoms with Crippen molar-refractivity contribution in [2.24, 2.45) is 0 Å². The highest BCUT2D eigenvalue weighted by atomic mass is 79.9. The molecular formula is C15H8BrCl2N3. The molecule has 0 atom stereocenters. The van der Waals surface area contributed by atoms with Gasteiger partial charge in [-0.15, -0.1) is 11.6 Å². The van der Waals surface area contributed by atoms with Gasteiger partial charge in [-0.3, -0.25) is 4.57 Å². The fraction of sp³-hybridized carbons (Fsp3) is 0.0667. The Kier molecular flexibility index (Phi) is 3.90. The van der Waals surface area contributed by atoms with Crippen molar-refractivity contribution in [1.82, 2.24) is 9.55 Å². The van der Waals surface area contributed by atoms with E-state index in [1.807, 2.05) is 22.8 Å². The first kappa shape index (κ1) is 14.4. The molecule has 0 spiro atoms. The van der Waals surface area contributed by atoms with Crippen molar-refractivity contribution < 1.29 is 0 Å². The summed E-state index contributed by atoms with van der Waals surface area (Å²) >= 11 is 15.5. The third kappa shape index (κ3) is 2.53. The van der Waals surface area contributed by atoms with Gasteiger partial charge in [0, 0.05) is 10.2 Å². The van der Waals surface area contributed by atoms with Crippen molar-refractivity contribution in [1.29, 1.82) is 5.26 Å². The number of fused-ring (bicyclic) bond motifs is 1. The number of benzene rings is 2. The number of hydrogen-bond acceptors (Lipinski definition) is 2. The third-order valence-corrected chi connectivity index (χ3v) is 4.59. The molecule has 1 aromatic heterocycles. The molecule has 0 saturated carbocycles. The van der Waals surface area contributed by atoms with Crippen LogP contribution in [0.1, 0.15) is 11.4 Å². The molecule has 0 amide bonds. The number of nitriles is 1. The van der Waals surface area contributed by atoms with Gasteiger partial charge < -0.3 is 0 Å². The van der Waals surface area contributed by atoms with E-state index < -0.39 is 0 Å². The molecule has 0 unspecified atom stereocenters. The van der Waals surface area contributed by atoms with Crippen molar-refractivity contribution in [2.75, 3.05) is 0 Å². The van der Waals surface area contributed by atoms with Crippen LogP contribution >= 0.6 is 39.1 Å². The summed E-state index contributed by atoms with van der Waals surface area (Å²) in [6, 6.07) is 13.1. The minimum Gasteiger partial charge on any atom is -0.295 e. The van der Waals surface area contributed by atoms with Gasteiger partial charge in [0.2, 0.25) is 0 Å². The smallest absolute Gasteiger partial charge is 0.129 e. The number of hydrogen-bond donors (Lipinski definition) is 0. The Balaban J connectivity index is 2.33. The van der Waals surface area contributed by atoms with Crippen LogP contribution < -0.4 is 0 Å². The number of nitrogens with zero attached hydrogens (tertiary/aromatic N) is 3. The monoisotopic (exact) mass is 379 g/mol. The maximum atomic E-state index is 9.07. The van der Waals surface area contributed by atoms with Gasteiger partial charge in [-0.05, 0) is 52.3 Å². The summed E-state index contributed by atoms with van der Waals surface area (Å²) < 4.78 is 2.73. The first-order chi connectivity index (χ1) is 10.1. The molecule has 0 bridgehead atoms. The van der Waals surface area contributed by atoms with E-state index in [4.69, 9.17) is 28.5 Å². The Hall–Kier alpha value is -1.54. The molecule has 1 heterocycles. The van der Waals surface area contributed by atoms with E-state index in [-0.39, 0.29) is 5.88 Å². The molecule has 0 aliphatic rings. The van der Waals surface area contributed by atoms with E-state index in [0.717, 1.165) is 27.0 Å². The molecule has 6 heteroatoms. The molecule has 0 aliphatic heterocycles. The third-order valence-electron chi connectivity index (χ3n) is 3.13. The van der Waals surface area contributed by atoms with Crippen molar-refractivity contribution in [3.63, 3.8) is 0 Å². The molecule has 3 nitrogen and oxygen atoms in total. The first-order valence-corrected chi connectivity index (χ1v) is 7.77. The summed E-state index contributed by atoms with van der Waals surface area (Å²) in [5, 5.41) is 9.71. The maximum absolute atomic E-state index is 9.07. The minimum absolute atomic E-state index is 0.275. The van der Waals surface area contributed by atoms with Crippen LogP contribution in [0.2, 0.25) is 5.02 Å². The zero-order chi connectivity index (χ0) is 15.0. The topological polar surface area (TPSA) is 41.6 Å². The molecular weight excluding hydrogens is 373 g/mol. The summed E-state index contributed by atoms with van der Waals surface area (Å²) in [4.78, 5) is 4.51. The zero-order valence-electron chi connectivity index (χ0n) is 10.6. The number of alkyl halides is 1. The number of rotatable bonds is 2. The highest BCUT2D eigenvalue weighted by Crippen LogP contribution is 2.29. The standard InChI is InChI=1S/C15H8BrCl2N3/c16-11-6-10(2-3-12(11)18)21-14-5-9(8-19)1-4-13(14)20-15(21)7-17/h1-6H,7H2. The zero-order valence-corrected chi connectivity index (χ0v) is 13.7. The number of imidazole rings is 1. The Labute approximate surface area is 139 Å². The summed E-state index contributed by atoms with van der Waals surface area (Å²) in [5.41, 5.74) is 3.12. The van der Waals surface area contributed by atoms with Gasteiger partial charge in [-0.2, -0.15) is 5.26 Å². The summed E-state index contributed by atoms with van der Waals surface area (Å²) in [6.07, 6.45) is 0. The molecule has 0 radical (unpaired) electrons. The van der Waals surface area contributed by atoms with E-state index in [9.17, 15) is 0 Å². The highest BCUT2D eigenvalue weighted by molar-refractivity contribution is 9.10. The Morgan fingerprint density at radius 2 is 2.05 bits per heavy atom. The molecule has 104 valence electrons. The van der Waals surface area contributed by atoms with E-state index >= 15 is 0 Å². The van der Waals surface area contributed by atoms with E-state index in [1.54, 1.807) is 18.2 Å². The van der Waals surface area contributed by atoms with Crippen LogP contribution in [-0.2, 0) is 5.88 Å². The molecule has 0 N–H and O–H groups in total. The van der Waals surface area contributed by atoms with Crippen molar-refractivity contribution >= 4 is 50.2 Å². The highest BCUT2D eigenvalue weighted by Gasteiger charge is 2.13. The lowest BCUT2D eigenvalue weighted by molar-refractivity contribution is 0.981. The first-order valence-electron chi connectivity index (χ1n) is 6.07. The fourth-order valence-corrected chi connectivity index (χ4v) is 2.86. The summed E-state index contributed by atoms with van der Waals surface area (Å²) in [7, 11) is 0. The Bertz CT molecular complexity index is 880. The molecule has 0 fully saturated rings. The lowest BCUT2D eigenvalue weighted by atomic mass is 10.2. The van der Waals surface area contributed by atoms with Crippen molar-refractivity contribution in [3.05, 3.63) is 57.3 Å². The molecule has 21 heavy (non-hydrogen) atoms. The van der Waals surface area contributed by atoms with Gasteiger partial charge >= 0.3 is 0 Å². The largest absolute Gasteiger partial charge is 0.295 e. The van der Waals surface area contributed by atoms with Crippen molar-refractivity contribution in [3.8, 4) is 11.8 Å². The summed E-state index contributed by atoms with van der Waals surface area (Å²) in [6.45, 7) is 0. The molecule has 3 rings (SSSR count). The molecule has 0 saturated heterocycles. The van der Waals surface area contributed by atoms with Gasteiger partial charge in [-0.1, -0.05) is 11.6 Å². The molecule has 2 aromatic carbocycles. The molecule has 0 aliphatic carbocycles. The lowest BCUT2D eigenvalue weighted by Crippen LogP contribution is -1.99. The average molecular weight is 381 g/mol. The minimum atomic E-state index is 0.275. The Morgan fingerprint density at radius 1 is 1.24 bits per heavy atom. The van der Waals surface area contributed by atoms with Crippen LogP contribution in [0, 0.1) is 11.3 Å². The van der Waals surface area contributed by atoms with Gasteiger partial charge in [-0.25, -0.2) is 4.98 Å². The van der Waals surface area contributed by atoms with Gasteiger partial charge in [0.1, 0.15) is 5.82 Å². The summed E-state index contributed by atoms with van der Waals surface area (Å²) in [5.74, 6) is 0.993. The number of halogens is 3. The van der Waals surface area contributed by atoms with Crippen LogP contribution in [-0.4, -0.2) is 9.55 Å². The van der Waals surface area contributed by atoms with Crippen LogP contribution in [0.15, 0.2) is 40.9 Å². The quantitative estimate of drug-likeness (QED) is 0.583. The van der Waals surface area contributed by atoms with Crippen LogP contribution in [0.3, 0.4) is 0 Å². The van der Waals surface area contributed by atoms with Gasteiger partial charge in [0.05, 0.1) is 33.6 Å². The second-order valence-corrected chi connectivity index (χ2v) is 5.94. The molecule has 3 aromatic rings.